The molecule has 5 rings (SSSR count). The zero-order chi connectivity index (χ0) is 26.2. The van der Waals surface area contributed by atoms with Gasteiger partial charge in [0.25, 0.3) is 0 Å². The van der Waals surface area contributed by atoms with Gasteiger partial charge in [-0.25, -0.2) is 17.6 Å². The van der Waals surface area contributed by atoms with Gasteiger partial charge in [0.2, 0.25) is 10.0 Å². The van der Waals surface area contributed by atoms with Crippen LogP contribution in [0.1, 0.15) is 48.8 Å². The van der Waals surface area contributed by atoms with Crippen molar-refractivity contribution in [1.82, 2.24) is 4.31 Å². The highest BCUT2D eigenvalue weighted by Gasteiger charge is 2.44. The second-order valence-corrected chi connectivity index (χ2v) is 12.0. The molecule has 194 valence electrons. The lowest BCUT2D eigenvalue weighted by Gasteiger charge is -2.46. The first-order chi connectivity index (χ1) is 17.7. The summed E-state index contributed by atoms with van der Waals surface area (Å²) >= 11 is 0. The van der Waals surface area contributed by atoms with Crippen LogP contribution in [0, 0.1) is 12.7 Å². The molecule has 1 aliphatic heterocycles. The molecule has 1 saturated carbocycles. The minimum atomic E-state index is -3.82. The number of nitrogens with zero attached hydrogens (tertiary/aromatic N) is 1. The number of carbonyl (C=O) groups is 1. The fraction of sp³-hybridized carbons (Fsp3) is 0.345. The van der Waals surface area contributed by atoms with Crippen LogP contribution in [0.25, 0.3) is 11.1 Å². The van der Waals surface area contributed by atoms with Crippen molar-refractivity contribution in [1.29, 1.82) is 0 Å². The van der Waals surface area contributed by atoms with E-state index in [0.717, 1.165) is 48.8 Å². The Morgan fingerprint density at radius 3 is 2.38 bits per heavy atom. The number of carboxylic acid groups (broad SMARTS) is 1. The fourth-order valence-corrected chi connectivity index (χ4v) is 7.38. The van der Waals surface area contributed by atoms with Crippen LogP contribution in [0.2, 0.25) is 0 Å². The Balaban J connectivity index is 1.52. The van der Waals surface area contributed by atoms with Gasteiger partial charge in [0.15, 0.2) is 6.61 Å². The quantitative estimate of drug-likeness (QED) is 0.450. The largest absolute Gasteiger partial charge is 0.482 e. The third kappa shape index (κ3) is 5.00. The number of fused-ring (bicyclic) bond motifs is 2. The van der Waals surface area contributed by atoms with E-state index in [1.54, 1.807) is 29.4 Å². The van der Waals surface area contributed by atoms with Gasteiger partial charge in [0.1, 0.15) is 11.6 Å². The third-order valence-electron chi connectivity index (χ3n) is 7.63. The molecule has 1 N–H and O–H groups in total. The van der Waals surface area contributed by atoms with E-state index in [0.29, 0.717) is 17.9 Å². The number of aliphatic carboxylic acids is 1. The van der Waals surface area contributed by atoms with Gasteiger partial charge < -0.3 is 9.84 Å². The summed E-state index contributed by atoms with van der Waals surface area (Å²) < 4.78 is 48.1. The van der Waals surface area contributed by atoms with Crippen molar-refractivity contribution in [3.63, 3.8) is 0 Å². The predicted molar refractivity (Wildman–Crippen MR) is 139 cm³/mol. The number of ether oxygens (including phenoxy) is 1. The first-order valence-electron chi connectivity index (χ1n) is 12.5. The summed E-state index contributed by atoms with van der Waals surface area (Å²) in [6, 6.07) is 17.1. The Bertz CT molecular complexity index is 1430. The van der Waals surface area contributed by atoms with E-state index < -0.39 is 22.6 Å². The molecule has 1 spiro atoms. The molecule has 0 saturated heterocycles. The normalized spacial score (nSPS) is 17.4. The van der Waals surface area contributed by atoms with E-state index in [1.165, 1.54) is 29.8 Å². The van der Waals surface area contributed by atoms with Gasteiger partial charge in [0.05, 0.1) is 4.90 Å². The second-order valence-electron chi connectivity index (χ2n) is 10.1. The van der Waals surface area contributed by atoms with Crippen LogP contribution >= 0.6 is 0 Å². The van der Waals surface area contributed by atoms with Gasteiger partial charge >= 0.3 is 5.97 Å². The monoisotopic (exact) mass is 523 g/mol. The standard InChI is InChI=1S/C29H30FNO5S/c1-20-15-25(10-12-27(20)36-18-28(32)33)37(34,35)31-17-23-16-22(21-5-8-24(30)9-6-21)7-11-26(23)29(19-31)13-3-2-4-14-29/h5-12,15-16H,2-4,13-14,17-19H2,1H3,(H,32,33). The molecule has 0 aromatic heterocycles. The number of hydrogen-bond donors (Lipinski definition) is 1. The van der Waals surface area contributed by atoms with Gasteiger partial charge in [0, 0.05) is 18.5 Å². The molecule has 1 aliphatic carbocycles. The first-order valence-corrected chi connectivity index (χ1v) is 14.0. The lowest BCUT2D eigenvalue weighted by molar-refractivity contribution is -0.139. The van der Waals surface area contributed by atoms with Crippen molar-refractivity contribution in [3.05, 3.63) is 83.2 Å². The molecule has 6 nitrogen and oxygen atoms in total. The lowest BCUT2D eigenvalue weighted by Crippen LogP contribution is -2.48. The number of halogens is 1. The highest BCUT2D eigenvalue weighted by atomic mass is 32.2. The molecule has 37 heavy (non-hydrogen) atoms. The smallest absolute Gasteiger partial charge is 0.341 e. The minimum absolute atomic E-state index is 0.164. The van der Waals surface area contributed by atoms with E-state index in [-0.39, 0.29) is 22.7 Å². The Morgan fingerprint density at radius 1 is 1.00 bits per heavy atom. The van der Waals surface area contributed by atoms with Crippen LogP contribution in [0.4, 0.5) is 4.39 Å². The van der Waals surface area contributed by atoms with Crippen LogP contribution < -0.4 is 4.74 Å². The molecule has 8 heteroatoms. The molecule has 0 bridgehead atoms. The molecular formula is C29H30FNO5S. The number of benzene rings is 3. The van der Waals surface area contributed by atoms with Crippen LogP contribution in [-0.2, 0) is 26.8 Å². The summed E-state index contributed by atoms with van der Waals surface area (Å²) in [5, 5.41) is 8.88. The molecule has 0 atom stereocenters. The number of rotatable bonds is 6. The van der Waals surface area contributed by atoms with Crippen LogP contribution in [-0.4, -0.2) is 37.0 Å². The van der Waals surface area contributed by atoms with Gasteiger partial charge in [-0.1, -0.05) is 43.5 Å². The molecular weight excluding hydrogens is 493 g/mol. The minimum Gasteiger partial charge on any atom is -0.482 e. The van der Waals surface area contributed by atoms with Crippen molar-refractivity contribution in [2.24, 2.45) is 0 Å². The molecule has 0 radical (unpaired) electrons. The lowest BCUT2D eigenvalue weighted by atomic mass is 9.66. The Kier molecular flexibility index (Phi) is 6.81. The zero-order valence-corrected chi connectivity index (χ0v) is 21.6. The van der Waals surface area contributed by atoms with Crippen LogP contribution in [0.15, 0.2) is 65.6 Å². The summed E-state index contributed by atoms with van der Waals surface area (Å²) in [7, 11) is -3.82. The van der Waals surface area contributed by atoms with Crippen molar-refractivity contribution < 1.29 is 27.4 Å². The molecule has 0 amide bonds. The highest BCUT2D eigenvalue weighted by molar-refractivity contribution is 7.89. The molecule has 3 aromatic rings. The maximum Gasteiger partial charge on any atom is 0.341 e. The van der Waals surface area contributed by atoms with E-state index in [1.807, 2.05) is 0 Å². The predicted octanol–water partition coefficient (Wildman–Crippen LogP) is 5.67. The van der Waals surface area contributed by atoms with Gasteiger partial charge in [-0.15, -0.1) is 0 Å². The van der Waals surface area contributed by atoms with Crippen molar-refractivity contribution in [2.75, 3.05) is 13.2 Å². The summed E-state index contributed by atoms with van der Waals surface area (Å²) in [5.41, 5.74) is 4.34. The van der Waals surface area contributed by atoms with Gasteiger partial charge in [-0.2, -0.15) is 4.31 Å². The van der Waals surface area contributed by atoms with Gasteiger partial charge in [-0.3, -0.25) is 0 Å². The SMILES string of the molecule is Cc1cc(S(=O)(=O)N2Cc3cc(-c4ccc(F)cc4)ccc3C3(CCCCC3)C2)ccc1OCC(=O)O. The van der Waals surface area contributed by atoms with Crippen molar-refractivity contribution >= 4 is 16.0 Å². The third-order valence-corrected chi connectivity index (χ3v) is 9.41. The van der Waals surface area contributed by atoms with Crippen LogP contribution in [0.5, 0.6) is 5.75 Å². The molecule has 3 aromatic carbocycles. The number of carboxylic acids is 1. The molecule has 2 aliphatic rings. The summed E-state index contributed by atoms with van der Waals surface area (Å²) in [6.45, 7) is 1.90. The Morgan fingerprint density at radius 2 is 1.70 bits per heavy atom. The van der Waals surface area contributed by atoms with Crippen molar-refractivity contribution in [2.45, 2.75) is 55.9 Å². The van der Waals surface area contributed by atoms with Gasteiger partial charge in [-0.05, 0) is 84.0 Å². The van der Waals surface area contributed by atoms with Crippen molar-refractivity contribution in [3.8, 4) is 16.9 Å². The maximum atomic E-state index is 13.9. The maximum absolute atomic E-state index is 13.9. The van der Waals surface area contributed by atoms with E-state index in [9.17, 15) is 17.6 Å². The number of sulfonamides is 1. The average Bonchev–Trinajstić information content (AvgIpc) is 2.88. The van der Waals surface area contributed by atoms with E-state index in [2.05, 4.69) is 18.2 Å². The number of aryl methyl sites for hydroxylation is 1. The summed E-state index contributed by atoms with van der Waals surface area (Å²) in [6.07, 6.45) is 5.13. The summed E-state index contributed by atoms with van der Waals surface area (Å²) in [5.74, 6) is -1.05. The van der Waals surface area contributed by atoms with E-state index in [4.69, 9.17) is 9.84 Å². The summed E-state index contributed by atoms with van der Waals surface area (Å²) in [4.78, 5) is 11.0. The number of hydrogen-bond acceptors (Lipinski definition) is 4. The van der Waals surface area contributed by atoms with Crippen LogP contribution in [0.3, 0.4) is 0 Å². The zero-order valence-electron chi connectivity index (χ0n) is 20.7. The Labute approximate surface area is 216 Å². The van der Waals surface area contributed by atoms with E-state index >= 15 is 0 Å². The highest BCUT2D eigenvalue weighted by Crippen LogP contribution is 2.46. The second kappa shape index (κ2) is 9.91. The first kappa shape index (κ1) is 25.4. The topological polar surface area (TPSA) is 83.9 Å². The Hall–Kier alpha value is -3.23. The molecule has 1 heterocycles. The average molecular weight is 524 g/mol. The molecule has 1 fully saturated rings. The molecule has 0 unspecified atom stereocenters. The fourth-order valence-electron chi connectivity index (χ4n) is 5.79.